The van der Waals surface area contributed by atoms with Crippen molar-refractivity contribution in [1.82, 2.24) is 15.0 Å². The molecule has 0 unspecified atom stereocenters. The van der Waals surface area contributed by atoms with Crippen LogP contribution in [-0.4, -0.2) is 41.6 Å². The molecule has 7 nitrogen and oxygen atoms in total. The molecule has 0 fully saturated rings. The molecule has 0 atom stereocenters. The molecule has 0 saturated heterocycles. The number of carbonyl (C=O) groups is 1. The first-order valence-corrected chi connectivity index (χ1v) is 5.43. The topological polar surface area (TPSA) is 82.9 Å². The number of H-pyrrole nitrogens is 1. The summed E-state index contributed by atoms with van der Waals surface area (Å²) in [6.45, 7) is 2.92. The molecule has 0 bridgehead atoms. The normalized spacial score (nSPS) is 10.8. The van der Waals surface area contributed by atoms with Crippen LogP contribution in [0, 0.1) is 0 Å². The fraction of sp³-hybridized carbons (Fsp3) is 0.600. The van der Waals surface area contributed by atoms with Gasteiger partial charge in [-0.1, -0.05) is 18.6 Å². The number of hydrogen-bond donors (Lipinski definition) is 1. The van der Waals surface area contributed by atoms with Gasteiger partial charge in [0, 0.05) is 13.6 Å². The number of nitrogens with one attached hydrogen (secondary N) is 1. The van der Waals surface area contributed by atoms with E-state index in [-0.39, 0.29) is 11.5 Å². The zero-order valence-corrected chi connectivity index (χ0v) is 10.3. The highest BCUT2D eigenvalue weighted by Crippen LogP contribution is 2.15. The second-order valence-corrected chi connectivity index (χ2v) is 3.52. The van der Waals surface area contributed by atoms with Crippen LogP contribution in [0.3, 0.4) is 0 Å². The number of unbranched alkanes of at least 4 members (excludes halogenated alkanes) is 1. The van der Waals surface area contributed by atoms with Gasteiger partial charge in [-0.15, -0.1) is 5.11 Å². The lowest BCUT2D eigenvalue weighted by Crippen LogP contribution is -2.11. The zero-order chi connectivity index (χ0) is 12.7. The monoisotopic (exact) mass is 239 g/mol. The van der Waals surface area contributed by atoms with Gasteiger partial charge in [0.2, 0.25) is 5.82 Å². The summed E-state index contributed by atoms with van der Waals surface area (Å²) in [6.07, 6.45) is 3.52. The number of carbonyl (C=O) groups excluding carboxylic acids is 1. The van der Waals surface area contributed by atoms with Gasteiger partial charge in [0.05, 0.1) is 13.4 Å². The maximum atomic E-state index is 11.3. The molecule has 7 heteroatoms. The molecule has 0 aliphatic heterocycles. The van der Waals surface area contributed by atoms with E-state index >= 15 is 0 Å². The second kappa shape index (κ2) is 6.62. The third-order valence-corrected chi connectivity index (χ3v) is 2.14. The van der Waals surface area contributed by atoms with E-state index in [4.69, 9.17) is 0 Å². The Morgan fingerprint density at radius 3 is 3.06 bits per heavy atom. The summed E-state index contributed by atoms with van der Waals surface area (Å²) < 4.78 is 4.58. The van der Waals surface area contributed by atoms with Crippen molar-refractivity contribution in [3.63, 3.8) is 0 Å². The lowest BCUT2D eigenvalue weighted by molar-refractivity contribution is 0.0595. The predicted molar refractivity (Wildman–Crippen MR) is 62.0 cm³/mol. The number of nitrogens with zero attached hydrogens (tertiary/aromatic N) is 4. The van der Waals surface area contributed by atoms with E-state index in [9.17, 15) is 4.79 Å². The van der Waals surface area contributed by atoms with Crippen LogP contribution in [0.1, 0.15) is 30.3 Å². The van der Waals surface area contributed by atoms with Crippen LogP contribution in [-0.2, 0) is 4.74 Å². The molecule has 0 amide bonds. The van der Waals surface area contributed by atoms with Crippen LogP contribution in [0.4, 0.5) is 5.82 Å². The predicted octanol–water partition coefficient (Wildman–Crippen LogP) is 1.93. The Morgan fingerprint density at radius 2 is 2.41 bits per heavy atom. The van der Waals surface area contributed by atoms with Gasteiger partial charge >= 0.3 is 5.97 Å². The van der Waals surface area contributed by atoms with E-state index in [1.54, 1.807) is 5.01 Å². The Hall–Kier alpha value is -1.92. The molecule has 0 radical (unpaired) electrons. The molecule has 0 spiro atoms. The third-order valence-electron chi connectivity index (χ3n) is 2.14. The van der Waals surface area contributed by atoms with Crippen LogP contribution in [0.15, 0.2) is 16.7 Å². The van der Waals surface area contributed by atoms with Crippen LogP contribution in [0.5, 0.6) is 0 Å². The maximum absolute atomic E-state index is 11.3. The molecule has 17 heavy (non-hydrogen) atoms. The number of hydrogen-bond acceptors (Lipinski definition) is 5. The molecule has 94 valence electrons. The summed E-state index contributed by atoms with van der Waals surface area (Å²) in [7, 11) is 3.13. The van der Waals surface area contributed by atoms with Crippen LogP contribution in [0.25, 0.3) is 0 Å². The molecule has 1 rings (SSSR count). The summed E-state index contributed by atoms with van der Waals surface area (Å²) in [6, 6.07) is 0. The molecule has 1 N–H and O–H groups in total. The Balaban J connectivity index is 2.65. The van der Waals surface area contributed by atoms with Gasteiger partial charge in [-0.2, -0.15) is 0 Å². The Morgan fingerprint density at radius 1 is 1.65 bits per heavy atom. The van der Waals surface area contributed by atoms with Gasteiger partial charge in [-0.25, -0.2) is 9.78 Å². The molecular weight excluding hydrogens is 222 g/mol. The number of ether oxygens (including phenoxy) is 1. The number of imidazole rings is 1. The Labute approximate surface area is 99.9 Å². The van der Waals surface area contributed by atoms with Crippen molar-refractivity contribution in [2.45, 2.75) is 19.8 Å². The molecule has 1 aromatic rings. The van der Waals surface area contributed by atoms with E-state index in [0.29, 0.717) is 0 Å². The first-order valence-electron chi connectivity index (χ1n) is 5.43. The van der Waals surface area contributed by atoms with Gasteiger partial charge in [0.15, 0.2) is 5.69 Å². The van der Waals surface area contributed by atoms with Crippen LogP contribution >= 0.6 is 0 Å². The summed E-state index contributed by atoms with van der Waals surface area (Å²) in [4.78, 5) is 17.9. The molecule has 0 saturated carbocycles. The molecule has 1 heterocycles. The fourth-order valence-electron chi connectivity index (χ4n) is 1.17. The minimum Gasteiger partial charge on any atom is -0.464 e. The summed E-state index contributed by atoms with van der Waals surface area (Å²) in [5, 5.41) is 9.55. The van der Waals surface area contributed by atoms with Gasteiger partial charge in [0.25, 0.3) is 0 Å². The van der Waals surface area contributed by atoms with Crippen molar-refractivity contribution in [2.24, 2.45) is 10.3 Å². The van der Waals surface area contributed by atoms with Crippen molar-refractivity contribution in [3.8, 4) is 0 Å². The average Bonchev–Trinajstić information content (AvgIpc) is 2.81. The average molecular weight is 239 g/mol. The van der Waals surface area contributed by atoms with E-state index in [2.05, 4.69) is 32.0 Å². The largest absolute Gasteiger partial charge is 0.464 e. The first-order chi connectivity index (χ1) is 8.19. The van der Waals surface area contributed by atoms with Crippen molar-refractivity contribution in [1.29, 1.82) is 0 Å². The lowest BCUT2D eigenvalue weighted by Gasteiger charge is -2.08. The van der Waals surface area contributed by atoms with Gasteiger partial charge in [-0.05, 0) is 6.42 Å². The molecule has 0 aliphatic carbocycles. The minimum atomic E-state index is -0.507. The van der Waals surface area contributed by atoms with Crippen molar-refractivity contribution in [2.75, 3.05) is 20.7 Å². The SMILES string of the molecule is CCCCN(C)N=Nc1nc[nH]c1C(=O)OC. The Kier molecular flexibility index (Phi) is 5.12. The Bertz CT molecular complexity index is 388. The standard InChI is InChI=1S/C10H17N5O2/c1-4-5-6-15(2)14-13-9-8(10(16)17-3)11-7-12-9/h7H,4-6H2,1-3H3,(H,11,12). The first kappa shape index (κ1) is 13.1. The van der Waals surface area contributed by atoms with Crippen molar-refractivity contribution >= 4 is 11.8 Å². The zero-order valence-electron chi connectivity index (χ0n) is 10.3. The molecular formula is C10H17N5O2. The summed E-state index contributed by atoms with van der Waals surface area (Å²) in [5.41, 5.74) is 0.208. The lowest BCUT2D eigenvalue weighted by atomic mass is 10.3. The van der Waals surface area contributed by atoms with E-state index in [1.807, 2.05) is 7.05 Å². The third kappa shape index (κ3) is 3.86. The van der Waals surface area contributed by atoms with Crippen LogP contribution < -0.4 is 0 Å². The van der Waals surface area contributed by atoms with Gasteiger partial charge in [-0.3, -0.25) is 5.01 Å². The van der Waals surface area contributed by atoms with Gasteiger partial charge < -0.3 is 9.72 Å². The smallest absolute Gasteiger partial charge is 0.358 e. The number of methoxy groups -OCH3 is 1. The highest BCUT2D eigenvalue weighted by atomic mass is 16.5. The fourth-order valence-corrected chi connectivity index (χ4v) is 1.17. The van der Waals surface area contributed by atoms with E-state index in [0.717, 1.165) is 19.4 Å². The number of esters is 1. The van der Waals surface area contributed by atoms with E-state index < -0.39 is 5.97 Å². The highest BCUT2D eigenvalue weighted by molar-refractivity contribution is 5.91. The highest BCUT2D eigenvalue weighted by Gasteiger charge is 2.14. The molecule has 0 aromatic carbocycles. The number of aromatic nitrogens is 2. The maximum Gasteiger partial charge on any atom is 0.358 e. The molecule has 0 aliphatic rings. The van der Waals surface area contributed by atoms with Crippen molar-refractivity contribution in [3.05, 3.63) is 12.0 Å². The summed E-state index contributed by atoms with van der Waals surface area (Å²) in [5.74, 6) is -0.271. The number of rotatable bonds is 6. The van der Waals surface area contributed by atoms with Crippen LogP contribution in [0.2, 0.25) is 0 Å². The quantitative estimate of drug-likeness (QED) is 0.467. The van der Waals surface area contributed by atoms with E-state index in [1.165, 1.54) is 13.4 Å². The van der Waals surface area contributed by atoms with Gasteiger partial charge in [0.1, 0.15) is 0 Å². The van der Waals surface area contributed by atoms with Crippen molar-refractivity contribution < 1.29 is 9.53 Å². The summed E-state index contributed by atoms with van der Waals surface area (Å²) >= 11 is 0. The number of aromatic amines is 1. The minimum absolute atomic E-state index is 0.208. The molecule has 1 aromatic heterocycles. The second-order valence-electron chi connectivity index (χ2n) is 3.52.